The molecule has 2 N–H and O–H groups in total. The molecule has 4 aromatic rings. The van der Waals surface area contributed by atoms with E-state index in [1.165, 1.54) is 139 Å². The summed E-state index contributed by atoms with van der Waals surface area (Å²) in [6, 6.07) is 43.8. The van der Waals surface area contributed by atoms with Crippen LogP contribution < -0.4 is 10.6 Å². The van der Waals surface area contributed by atoms with E-state index in [-0.39, 0.29) is 0 Å². The Bertz CT molecular complexity index is 1120. The minimum Gasteiger partial charge on any atom is -0.317 e. The maximum atomic E-state index is 3.72. The van der Waals surface area contributed by atoms with Crippen molar-refractivity contribution in [2.75, 3.05) is 65.4 Å². The van der Waals surface area contributed by atoms with E-state index in [2.05, 4.69) is 142 Å². The van der Waals surface area contributed by atoms with Gasteiger partial charge in [0.2, 0.25) is 0 Å². The Balaban J connectivity index is 1.02. The number of nitrogens with zero attached hydrogens (tertiary/aromatic N) is 2. The molecule has 0 aliphatic carbocycles. The van der Waals surface area contributed by atoms with Crippen LogP contribution in [0.15, 0.2) is 121 Å². The second kappa shape index (κ2) is 26.5. The fourth-order valence-corrected chi connectivity index (χ4v) is 6.88. The molecule has 0 saturated carbocycles. The van der Waals surface area contributed by atoms with Crippen LogP contribution in [0.25, 0.3) is 0 Å². The number of rotatable bonds is 29. The van der Waals surface area contributed by atoms with Crippen LogP contribution >= 0.6 is 0 Å². The monoisotopic (exact) mass is 675 g/mol. The van der Waals surface area contributed by atoms with Crippen molar-refractivity contribution < 1.29 is 0 Å². The van der Waals surface area contributed by atoms with Crippen LogP contribution in [0.2, 0.25) is 0 Å². The molecule has 0 aliphatic heterocycles. The van der Waals surface area contributed by atoms with Crippen LogP contribution in [0.1, 0.15) is 73.6 Å². The van der Waals surface area contributed by atoms with Crippen molar-refractivity contribution in [3.05, 3.63) is 144 Å². The molecular weight excluding hydrogens is 609 g/mol. The first-order chi connectivity index (χ1) is 24.8. The van der Waals surface area contributed by atoms with Crippen LogP contribution in [-0.4, -0.2) is 75.2 Å². The van der Waals surface area contributed by atoms with E-state index >= 15 is 0 Å². The zero-order valence-electron chi connectivity index (χ0n) is 31.0. The first-order valence-electron chi connectivity index (χ1n) is 19.9. The molecule has 0 unspecified atom stereocenters. The molecule has 0 saturated heterocycles. The summed E-state index contributed by atoms with van der Waals surface area (Å²) in [6.45, 7) is 11.6. The summed E-state index contributed by atoms with van der Waals surface area (Å²) >= 11 is 0. The molecule has 270 valence electrons. The SMILES string of the molecule is c1ccc(CCCN(CCCNCCCCNCCCN(CCCc2ccccc2)CCCc2ccccc2)CCCc2ccccc2)cc1. The van der Waals surface area contributed by atoms with E-state index in [4.69, 9.17) is 0 Å². The molecule has 0 radical (unpaired) electrons. The lowest BCUT2D eigenvalue weighted by Crippen LogP contribution is -2.31. The fourth-order valence-electron chi connectivity index (χ4n) is 6.88. The summed E-state index contributed by atoms with van der Waals surface area (Å²) in [6.07, 6.45) is 14.6. The molecule has 4 aromatic carbocycles. The third-order valence-electron chi connectivity index (χ3n) is 9.74. The lowest BCUT2D eigenvalue weighted by Gasteiger charge is -2.23. The van der Waals surface area contributed by atoms with Gasteiger partial charge < -0.3 is 20.4 Å². The van der Waals surface area contributed by atoms with Gasteiger partial charge in [-0.15, -0.1) is 0 Å². The van der Waals surface area contributed by atoms with Gasteiger partial charge in [-0.3, -0.25) is 0 Å². The van der Waals surface area contributed by atoms with Gasteiger partial charge in [-0.1, -0.05) is 121 Å². The summed E-state index contributed by atoms with van der Waals surface area (Å²) in [4.78, 5) is 5.40. The molecule has 50 heavy (non-hydrogen) atoms. The Kier molecular flexibility index (Phi) is 21.0. The lowest BCUT2D eigenvalue weighted by atomic mass is 10.1. The minimum atomic E-state index is 1.12. The van der Waals surface area contributed by atoms with Gasteiger partial charge in [0.1, 0.15) is 0 Å². The van der Waals surface area contributed by atoms with Gasteiger partial charge in [-0.05, 0) is 165 Å². The average Bonchev–Trinajstić information content (AvgIpc) is 3.16. The highest BCUT2D eigenvalue weighted by Crippen LogP contribution is 2.09. The van der Waals surface area contributed by atoms with E-state index in [1.54, 1.807) is 0 Å². The Morgan fingerprint density at radius 2 is 0.520 bits per heavy atom. The number of aryl methyl sites for hydroxylation is 4. The highest BCUT2D eigenvalue weighted by atomic mass is 15.1. The maximum absolute atomic E-state index is 3.72. The first-order valence-corrected chi connectivity index (χ1v) is 19.9. The zero-order chi connectivity index (χ0) is 34.6. The Morgan fingerprint density at radius 3 is 0.800 bits per heavy atom. The predicted molar refractivity (Wildman–Crippen MR) is 216 cm³/mol. The van der Waals surface area contributed by atoms with E-state index in [0.29, 0.717) is 0 Å². The van der Waals surface area contributed by atoms with E-state index in [1.807, 2.05) is 0 Å². The standard InChI is InChI=1S/C46H66N4/c1-5-21-43(22-6-1)29-15-37-49(38-16-30-44-23-7-2-8-24-44)41-19-35-47-33-13-14-34-48-36-20-42-50(39-17-31-45-25-9-3-10-26-45)40-18-32-46-27-11-4-12-28-46/h1-12,21-28,47-48H,13-20,29-42H2. The third kappa shape index (κ3) is 18.6. The summed E-state index contributed by atoms with van der Waals surface area (Å²) in [5.41, 5.74) is 5.83. The topological polar surface area (TPSA) is 30.5 Å². The molecule has 0 aliphatic rings. The highest BCUT2D eigenvalue weighted by Gasteiger charge is 2.07. The molecule has 0 atom stereocenters. The van der Waals surface area contributed by atoms with Gasteiger partial charge in [0.05, 0.1) is 0 Å². The second-order valence-corrected chi connectivity index (χ2v) is 14.0. The van der Waals surface area contributed by atoms with Crippen molar-refractivity contribution in [2.24, 2.45) is 0 Å². The van der Waals surface area contributed by atoms with E-state index in [0.717, 1.165) is 26.2 Å². The van der Waals surface area contributed by atoms with Gasteiger partial charge in [0, 0.05) is 0 Å². The number of nitrogens with one attached hydrogen (secondary N) is 2. The second-order valence-electron chi connectivity index (χ2n) is 14.0. The first kappa shape index (κ1) is 39.5. The number of unbranched alkanes of at least 4 members (excludes halogenated alkanes) is 1. The molecule has 0 fully saturated rings. The number of hydrogen-bond acceptors (Lipinski definition) is 4. The van der Waals surface area contributed by atoms with Gasteiger partial charge in [0.25, 0.3) is 0 Å². The normalized spacial score (nSPS) is 11.5. The molecule has 0 aromatic heterocycles. The molecule has 4 rings (SSSR count). The largest absolute Gasteiger partial charge is 0.317 e. The smallest absolute Gasteiger partial charge is 0.000664 e. The summed E-state index contributed by atoms with van der Waals surface area (Å²) in [5, 5.41) is 7.45. The predicted octanol–water partition coefficient (Wildman–Crippen LogP) is 8.86. The Hall–Kier alpha value is -3.28. The average molecular weight is 675 g/mol. The van der Waals surface area contributed by atoms with Crippen molar-refractivity contribution in [2.45, 2.75) is 77.0 Å². The van der Waals surface area contributed by atoms with Gasteiger partial charge in [-0.2, -0.15) is 0 Å². The molecule has 0 bridgehead atoms. The van der Waals surface area contributed by atoms with Crippen LogP contribution in [-0.2, 0) is 25.7 Å². The van der Waals surface area contributed by atoms with Crippen molar-refractivity contribution in [1.82, 2.24) is 20.4 Å². The van der Waals surface area contributed by atoms with Gasteiger partial charge >= 0.3 is 0 Å². The highest BCUT2D eigenvalue weighted by molar-refractivity contribution is 5.17. The van der Waals surface area contributed by atoms with Crippen LogP contribution in [0.4, 0.5) is 0 Å². The van der Waals surface area contributed by atoms with Gasteiger partial charge in [0.15, 0.2) is 0 Å². The molecular formula is C46H66N4. The van der Waals surface area contributed by atoms with Crippen molar-refractivity contribution in [3.8, 4) is 0 Å². The fraction of sp³-hybridized carbons (Fsp3) is 0.478. The van der Waals surface area contributed by atoms with E-state index in [9.17, 15) is 0 Å². The number of benzene rings is 4. The van der Waals surface area contributed by atoms with Gasteiger partial charge in [-0.25, -0.2) is 0 Å². The summed E-state index contributed by atoms with van der Waals surface area (Å²) in [7, 11) is 0. The third-order valence-corrected chi connectivity index (χ3v) is 9.74. The summed E-state index contributed by atoms with van der Waals surface area (Å²) < 4.78 is 0. The summed E-state index contributed by atoms with van der Waals surface area (Å²) in [5.74, 6) is 0. The van der Waals surface area contributed by atoms with E-state index < -0.39 is 0 Å². The zero-order valence-corrected chi connectivity index (χ0v) is 31.0. The Labute approximate surface area is 305 Å². The maximum Gasteiger partial charge on any atom is -0.000664 e. The van der Waals surface area contributed by atoms with Crippen LogP contribution in [0.5, 0.6) is 0 Å². The minimum absolute atomic E-state index is 1.12. The molecule has 4 nitrogen and oxygen atoms in total. The van der Waals surface area contributed by atoms with Crippen molar-refractivity contribution in [3.63, 3.8) is 0 Å². The van der Waals surface area contributed by atoms with Crippen LogP contribution in [0, 0.1) is 0 Å². The van der Waals surface area contributed by atoms with Crippen molar-refractivity contribution in [1.29, 1.82) is 0 Å². The molecule has 0 heterocycles. The lowest BCUT2D eigenvalue weighted by molar-refractivity contribution is 0.262. The Morgan fingerprint density at radius 1 is 0.280 bits per heavy atom. The van der Waals surface area contributed by atoms with Crippen molar-refractivity contribution >= 4 is 0 Å². The van der Waals surface area contributed by atoms with Crippen LogP contribution in [0.3, 0.4) is 0 Å². The number of hydrogen-bond donors (Lipinski definition) is 2. The molecule has 4 heteroatoms. The molecule has 0 spiro atoms. The quantitative estimate of drug-likeness (QED) is 0.0564. The molecule has 0 amide bonds.